The van der Waals surface area contributed by atoms with Crippen LogP contribution in [0, 0.1) is 0 Å². The SMILES string of the molecule is CC(=O)/C(=C/c1ccc(OCOc2ccc(/C=C(/C(C)=O)C(=O)OC(C)C)cc2)cc1)C(=O)OC(C)C. The number of hydrogen-bond donors (Lipinski definition) is 0. The van der Waals surface area contributed by atoms with Crippen molar-refractivity contribution in [3.63, 3.8) is 0 Å². The minimum atomic E-state index is -0.661. The summed E-state index contributed by atoms with van der Waals surface area (Å²) in [5, 5.41) is 0. The van der Waals surface area contributed by atoms with E-state index >= 15 is 0 Å². The van der Waals surface area contributed by atoms with Crippen LogP contribution in [0.3, 0.4) is 0 Å². The van der Waals surface area contributed by atoms with Gasteiger partial charge in [-0.3, -0.25) is 9.59 Å². The van der Waals surface area contributed by atoms with Crippen LogP contribution in [-0.2, 0) is 28.7 Å². The smallest absolute Gasteiger partial charge is 0.342 e. The molecule has 0 atom stereocenters. The lowest BCUT2D eigenvalue weighted by atomic mass is 10.1. The highest BCUT2D eigenvalue weighted by Gasteiger charge is 2.18. The fraction of sp³-hybridized carbons (Fsp3) is 0.310. The average molecular weight is 509 g/mol. The van der Waals surface area contributed by atoms with Crippen LogP contribution in [0.1, 0.15) is 52.7 Å². The van der Waals surface area contributed by atoms with Crippen molar-refractivity contribution in [2.24, 2.45) is 0 Å². The lowest BCUT2D eigenvalue weighted by molar-refractivity contribution is -0.145. The van der Waals surface area contributed by atoms with E-state index in [4.69, 9.17) is 18.9 Å². The van der Waals surface area contributed by atoms with E-state index in [1.807, 2.05) is 0 Å². The van der Waals surface area contributed by atoms with Crippen LogP contribution in [0.25, 0.3) is 12.2 Å². The Morgan fingerprint density at radius 2 is 0.946 bits per heavy atom. The molecule has 0 aliphatic rings. The van der Waals surface area contributed by atoms with Crippen molar-refractivity contribution >= 4 is 35.7 Å². The molecule has 0 aromatic heterocycles. The second-order valence-electron chi connectivity index (χ2n) is 8.68. The zero-order valence-corrected chi connectivity index (χ0v) is 21.9. The van der Waals surface area contributed by atoms with Gasteiger partial charge in [0.25, 0.3) is 0 Å². The van der Waals surface area contributed by atoms with E-state index in [1.54, 1.807) is 76.2 Å². The number of benzene rings is 2. The maximum absolute atomic E-state index is 12.1. The largest absolute Gasteiger partial charge is 0.459 e. The highest BCUT2D eigenvalue weighted by molar-refractivity contribution is 6.20. The Balaban J connectivity index is 1.97. The van der Waals surface area contributed by atoms with Gasteiger partial charge in [-0.25, -0.2) is 9.59 Å². The van der Waals surface area contributed by atoms with Crippen LogP contribution in [-0.4, -0.2) is 42.5 Å². The predicted molar refractivity (Wildman–Crippen MR) is 139 cm³/mol. The zero-order valence-electron chi connectivity index (χ0n) is 21.9. The molecule has 2 aromatic rings. The Bertz CT molecular complexity index is 1080. The maximum atomic E-state index is 12.1. The minimum absolute atomic E-state index is 0.0313. The van der Waals surface area contributed by atoms with Gasteiger partial charge < -0.3 is 18.9 Å². The lowest BCUT2D eigenvalue weighted by Gasteiger charge is -2.10. The first-order valence-electron chi connectivity index (χ1n) is 11.8. The molecule has 0 aliphatic heterocycles. The summed E-state index contributed by atoms with van der Waals surface area (Å²) in [7, 11) is 0. The van der Waals surface area contributed by atoms with Crippen LogP contribution >= 0.6 is 0 Å². The third-order valence-electron chi connectivity index (χ3n) is 4.72. The van der Waals surface area contributed by atoms with E-state index < -0.39 is 11.9 Å². The van der Waals surface area contributed by atoms with Gasteiger partial charge in [-0.05, 0) is 89.1 Å². The fourth-order valence-corrected chi connectivity index (χ4v) is 2.98. The third kappa shape index (κ3) is 9.76. The second kappa shape index (κ2) is 13.8. The van der Waals surface area contributed by atoms with Crippen LogP contribution in [0.4, 0.5) is 0 Å². The highest BCUT2D eigenvalue weighted by atomic mass is 16.7. The van der Waals surface area contributed by atoms with Crippen molar-refractivity contribution in [3.05, 3.63) is 70.8 Å². The summed E-state index contributed by atoms with van der Waals surface area (Å²) in [6.45, 7) is 9.42. The molecule has 0 saturated heterocycles. The fourth-order valence-electron chi connectivity index (χ4n) is 2.98. The molecule has 37 heavy (non-hydrogen) atoms. The molecule has 0 fully saturated rings. The number of hydrogen-bond acceptors (Lipinski definition) is 8. The van der Waals surface area contributed by atoms with E-state index in [0.717, 1.165) is 0 Å². The molecule has 0 unspecified atom stereocenters. The number of Topliss-reactive ketones (excluding diaryl/α,β-unsaturated/α-hetero) is 2. The van der Waals surface area contributed by atoms with Crippen molar-refractivity contribution in [1.82, 2.24) is 0 Å². The number of rotatable bonds is 12. The molecule has 0 amide bonds. The third-order valence-corrected chi connectivity index (χ3v) is 4.72. The number of carbonyl (C=O) groups excluding carboxylic acids is 4. The van der Waals surface area contributed by atoms with Gasteiger partial charge in [0.1, 0.15) is 22.6 Å². The van der Waals surface area contributed by atoms with Gasteiger partial charge in [0, 0.05) is 0 Å². The van der Waals surface area contributed by atoms with Crippen molar-refractivity contribution in [1.29, 1.82) is 0 Å². The van der Waals surface area contributed by atoms with Crippen LogP contribution in [0.5, 0.6) is 11.5 Å². The molecule has 0 aliphatic carbocycles. The topological polar surface area (TPSA) is 105 Å². The minimum Gasteiger partial charge on any atom is -0.459 e. The average Bonchev–Trinajstić information content (AvgIpc) is 2.81. The number of ether oxygens (including phenoxy) is 4. The summed E-state index contributed by atoms with van der Waals surface area (Å²) in [5.74, 6) is -1.03. The molecule has 0 spiro atoms. The van der Waals surface area contributed by atoms with Crippen molar-refractivity contribution in [2.45, 2.75) is 53.8 Å². The molecular weight excluding hydrogens is 476 g/mol. The molecule has 0 saturated carbocycles. The van der Waals surface area contributed by atoms with Gasteiger partial charge in [0.15, 0.2) is 11.6 Å². The molecule has 0 bridgehead atoms. The molecule has 0 radical (unpaired) electrons. The second-order valence-corrected chi connectivity index (χ2v) is 8.68. The van der Waals surface area contributed by atoms with Gasteiger partial charge >= 0.3 is 11.9 Å². The van der Waals surface area contributed by atoms with Crippen molar-refractivity contribution in [3.8, 4) is 11.5 Å². The van der Waals surface area contributed by atoms with Gasteiger partial charge in [0.05, 0.1) is 12.2 Å². The van der Waals surface area contributed by atoms with E-state index in [2.05, 4.69) is 0 Å². The molecule has 196 valence electrons. The van der Waals surface area contributed by atoms with Gasteiger partial charge in [-0.15, -0.1) is 0 Å². The van der Waals surface area contributed by atoms with E-state index in [1.165, 1.54) is 26.0 Å². The lowest BCUT2D eigenvalue weighted by Crippen LogP contribution is -2.17. The Morgan fingerprint density at radius 3 is 1.22 bits per heavy atom. The van der Waals surface area contributed by atoms with Crippen LogP contribution < -0.4 is 9.47 Å². The van der Waals surface area contributed by atoms with Gasteiger partial charge in [-0.2, -0.15) is 0 Å². The highest BCUT2D eigenvalue weighted by Crippen LogP contribution is 2.19. The molecule has 0 N–H and O–H groups in total. The molecule has 2 rings (SSSR count). The molecule has 0 heterocycles. The summed E-state index contributed by atoms with van der Waals surface area (Å²) < 4.78 is 21.4. The Morgan fingerprint density at radius 1 is 0.622 bits per heavy atom. The number of carbonyl (C=O) groups is 4. The first-order chi connectivity index (χ1) is 17.5. The molecule has 8 heteroatoms. The van der Waals surface area contributed by atoms with Crippen LogP contribution in [0.15, 0.2) is 59.7 Å². The van der Waals surface area contributed by atoms with Crippen molar-refractivity contribution in [2.75, 3.05) is 6.79 Å². The molecular formula is C29H32O8. The normalized spacial score (nSPS) is 11.8. The summed E-state index contributed by atoms with van der Waals surface area (Å²) in [6, 6.07) is 13.6. The predicted octanol–water partition coefficient (Wildman–Crippen LogP) is 4.95. The van der Waals surface area contributed by atoms with Gasteiger partial charge in [-0.1, -0.05) is 24.3 Å². The first kappa shape index (κ1) is 29.0. The van der Waals surface area contributed by atoms with Gasteiger partial charge in [0.2, 0.25) is 6.79 Å². The monoisotopic (exact) mass is 508 g/mol. The number of ketones is 2. The standard InChI is InChI=1S/C29H32O8/c1-18(2)36-28(32)26(20(5)30)15-22-7-11-24(12-8-22)34-17-35-25-13-9-23(10-14-25)16-27(21(6)31)29(33)37-19(3)4/h7-16,18-19H,17H2,1-6H3/b26-15-,27-16-. The van der Waals surface area contributed by atoms with E-state index in [9.17, 15) is 19.2 Å². The molecule has 2 aromatic carbocycles. The Hall–Kier alpha value is -4.20. The van der Waals surface area contributed by atoms with Crippen molar-refractivity contribution < 1.29 is 38.1 Å². The number of esters is 2. The maximum Gasteiger partial charge on any atom is 0.342 e. The summed E-state index contributed by atoms with van der Waals surface area (Å²) in [4.78, 5) is 47.9. The van der Waals surface area contributed by atoms with E-state index in [-0.39, 0.29) is 41.7 Å². The Labute approximate surface area is 216 Å². The molecule has 8 nitrogen and oxygen atoms in total. The first-order valence-corrected chi connectivity index (χ1v) is 11.8. The summed E-state index contributed by atoms with van der Waals surface area (Å²) >= 11 is 0. The Kier molecular flexibility index (Phi) is 10.8. The van der Waals surface area contributed by atoms with Crippen LogP contribution in [0.2, 0.25) is 0 Å². The summed E-state index contributed by atoms with van der Waals surface area (Å²) in [5.41, 5.74) is 1.22. The zero-order chi connectivity index (χ0) is 27.5. The summed E-state index contributed by atoms with van der Waals surface area (Å²) in [6.07, 6.45) is 2.29. The quantitative estimate of drug-likeness (QED) is 0.130. The van der Waals surface area contributed by atoms with E-state index in [0.29, 0.717) is 22.6 Å².